The SMILES string of the molecule is COc1cc(C=CC(=O)OC[C@H]2O[C@@H](Oc3cc(-c4oc5cc(O[C@@H]6O[C@H](COC(=[OH+])C=Cc7cc(OC)c(O)c(OC)c7)[C@@H](O)[C@H](O)[C@H]6O)cc(=O)c-5cc4O[C@@H]4O[C@H](COC(=O)CC(=O)O)[C@@H](O)[C@H](O)[C@H]4O)cc(O)c3O)[C@H](O)[C@@H](O)[C@@H]2O)cc(OC)c1O. The van der Waals surface area contributed by atoms with Crippen molar-refractivity contribution in [3.05, 3.63) is 88.1 Å². The molecule has 15 N–H and O–H groups in total. The fraction of sp³-hybridized carbons (Fsp3) is 0.397. The minimum Gasteiger partial charge on any atom is -0.504 e. The number of methoxy groups -OCH3 is 4. The second-order valence-electron chi connectivity index (χ2n) is 20.3. The minimum absolute atomic E-state index is 0.0117. The molecule has 91 heavy (non-hydrogen) atoms. The Balaban J connectivity index is 1.08. The summed E-state index contributed by atoms with van der Waals surface area (Å²) in [6.07, 6.45) is -25.9. The topological polar surface area (TPSA) is 506 Å². The molecule has 15 atom stereocenters. The number of aromatic hydroxyl groups is 4. The van der Waals surface area contributed by atoms with Crippen LogP contribution < -0.4 is 38.6 Å². The zero-order valence-electron chi connectivity index (χ0n) is 48.1. The second kappa shape index (κ2) is 29.2. The van der Waals surface area contributed by atoms with Crippen LogP contribution in [-0.2, 0) is 42.8 Å². The van der Waals surface area contributed by atoms with Crippen LogP contribution in [0.1, 0.15) is 17.5 Å². The smallest absolute Gasteiger partial charge is 0.504 e. The van der Waals surface area contributed by atoms with Crippen molar-refractivity contribution >= 4 is 36.0 Å². The van der Waals surface area contributed by atoms with Crippen molar-refractivity contribution in [3.8, 4) is 85.9 Å². The molecule has 0 aromatic heterocycles. The van der Waals surface area contributed by atoms with Gasteiger partial charge in [-0.15, -0.1) is 0 Å². The molecule has 3 saturated heterocycles. The lowest BCUT2D eigenvalue weighted by Crippen LogP contribution is -2.60. The van der Waals surface area contributed by atoms with E-state index in [-0.39, 0.29) is 40.1 Å². The van der Waals surface area contributed by atoms with Crippen molar-refractivity contribution < 1.29 is 157 Å². The number of aliphatic hydroxyl groups is 9. The van der Waals surface area contributed by atoms with E-state index in [1.54, 1.807) is 0 Å². The zero-order valence-corrected chi connectivity index (χ0v) is 48.1. The minimum atomic E-state index is -2.18. The van der Waals surface area contributed by atoms with Gasteiger partial charge in [-0.3, -0.25) is 14.4 Å². The fourth-order valence-corrected chi connectivity index (χ4v) is 9.30. The van der Waals surface area contributed by atoms with Crippen molar-refractivity contribution in [2.24, 2.45) is 0 Å². The van der Waals surface area contributed by atoms with Crippen LogP contribution in [0, 0.1) is 0 Å². The standard InChI is InChI=1S/C58H62O33/c1-78-30-9-22(10-31(79-2)44(30)67)5-7-40(63)82-19-36-46(69)49(72)52(75)56(89-36)85-25-15-27(59)26-17-35(88-58-54(77)51(74)48(71)38(91-58)21-84-42(65)18-39(61)62)55(86-29(26)16-25)24-13-28(60)43(66)34(14-24)87-57-53(76)50(73)47(70)37(90-57)20-83-41(64)8-6-23-11-32(80-3)45(68)33(12-23)81-4/h5-17,36-38,46-54,56-58,60,66-77H,18-21H2,1-4H3,(H,61,62)/p+1/t36-,37-,38-,46-,47-,48-,49+,50+,51+,52-,53-,54-,56-,57-,58-/m1/s1. The highest BCUT2D eigenvalue weighted by atomic mass is 16.7. The number of aliphatic hydroxyl groups excluding tert-OH is 9. The number of rotatable bonds is 23. The number of phenolic OH excluding ortho intramolecular Hbond substituents is 4. The fourth-order valence-electron chi connectivity index (χ4n) is 9.30. The van der Waals surface area contributed by atoms with Crippen LogP contribution in [0.25, 0.3) is 34.8 Å². The highest BCUT2D eigenvalue weighted by Crippen LogP contribution is 2.46. The molecule has 0 spiro atoms. The lowest BCUT2D eigenvalue weighted by molar-refractivity contribution is -0.278. The summed E-state index contributed by atoms with van der Waals surface area (Å²) in [6.45, 7) is -2.39. The van der Waals surface area contributed by atoms with E-state index < -0.39 is 193 Å². The largest absolute Gasteiger partial charge is 0.510 e. The van der Waals surface area contributed by atoms with E-state index in [2.05, 4.69) is 0 Å². The highest BCUT2D eigenvalue weighted by Gasteiger charge is 2.49. The number of carbonyl (C=O) groups is 3. The maximum Gasteiger partial charge on any atom is 0.510 e. The molecule has 4 aliphatic heterocycles. The van der Waals surface area contributed by atoms with E-state index in [4.69, 9.17) is 71.1 Å². The summed E-state index contributed by atoms with van der Waals surface area (Å²) in [5.41, 5.74) is -1.07. The van der Waals surface area contributed by atoms with Gasteiger partial charge in [0.1, 0.15) is 98.3 Å². The third kappa shape index (κ3) is 15.5. The molecule has 3 aromatic carbocycles. The molecular formula is C58H63O33+. The molecule has 492 valence electrons. The van der Waals surface area contributed by atoms with Gasteiger partial charge in [0, 0.05) is 23.8 Å². The normalized spacial score (nSPS) is 26.6. The van der Waals surface area contributed by atoms with Crippen LogP contribution >= 0.6 is 0 Å². The van der Waals surface area contributed by atoms with E-state index >= 15 is 0 Å². The molecule has 0 radical (unpaired) electrons. The van der Waals surface area contributed by atoms with Gasteiger partial charge in [0.2, 0.25) is 42.7 Å². The van der Waals surface area contributed by atoms with E-state index in [0.717, 1.165) is 42.5 Å². The number of phenols is 4. The summed E-state index contributed by atoms with van der Waals surface area (Å²) in [5.74, 6) is -10.1. The number of aliphatic carboxylic acids is 1. The summed E-state index contributed by atoms with van der Waals surface area (Å²) < 4.78 is 76.8. The number of hydrogen-bond acceptors (Lipinski definition) is 31. The molecule has 0 bridgehead atoms. The number of carboxylic acids is 1. The molecule has 8 rings (SSSR count). The number of benzene rings is 4. The van der Waals surface area contributed by atoms with Crippen LogP contribution in [-0.4, -0.2) is 241 Å². The van der Waals surface area contributed by atoms with Crippen molar-refractivity contribution in [2.45, 2.75) is 98.5 Å². The molecule has 4 heterocycles. The summed E-state index contributed by atoms with van der Waals surface area (Å²) in [6, 6.07) is 10.1. The lowest BCUT2D eigenvalue weighted by Gasteiger charge is -2.40. The molecular weight excluding hydrogens is 1220 g/mol. The number of carboxylic acid groups (broad SMARTS) is 1. The van der Waals surface area contributed by atoms with E-state index in [9.17, 15) is 90.4 Å². The molecule has 3 aromatic rings. The van der Waals surface area contributed by atoms with Gasteiger partial charge in [-0.2, -0.15) is 0 Å². The van der Waals surface area contributed by atoms with Gasteiger partial charge < -0.3 is 142 Å². The molecule has 33 heteroatoms. The van der Waals surface area contributed by atoms with Crippen molar-refractivity contribution in [1.29, 1.82) is 0 Å². The maximum atomic E-state index is 14.0. The van der Waals surface area contributed by atoms with Crippen LogP contribution in [0.5, 0.6) is 63.2 Å². The Hall–Kier alpha value is -9.23. The van der Waals surface area contributed by atoms with Crippen LogP contribution in [0.2, 0.25) is 0 Å². The van der Waals surface area contributed by atoms with Crippen LogP contribution in [0.15, 0.2) is 76.0 Å². The summed E-state index contributed by atoms with van der Waals surface area (Å²) in [7, 11) is 5.18. The van der Waals surface area contributed by atoms with Gasteiger partial charge in [-0.25, -0.2) is 4.79 Å². The number of esters is 3. The number of hydrogen-bond donors (Lipinski definition) is 14. The van der Waals surface area contributed by atoms with Crippen molar-refractivity contribution in [1.82, 2.24) is 0 Å². The monoisotopic (exact) mass is 1290 g/mol. The predicted octanol–water partition coefficient (Wildman–Crippen LogP) is -1.67. The van der Waals surface area contributed by atoms with Gasteiger partial charge in [-0.1, -0.05) is 0 Å². The first kappa shape index (κ1) is 67.7. The van der Waals surface area contributed by atoms with Gasteiger partial charge >= 0.3 is 23.9 Å². The zero-order chi connectivity index (χ0) is 66.3. The van der Waals surface area contributed by atoms with Gasteiger partial charge in [0.05, 0.1) is 40.1 Å². The molecule has 3 fully saturated rings. The van der Waals surface area contributed by atoms with Gasteiger partial charge in [0.15, 0.2) is 57.5 Å². The van der Waals surface area contributed by atoms with E-state index in [0.29, 0.717) is 11.1 Å². The van der Waals surface area contributed by atoms with E-state index in [1.165, 1.54) is 64.9 Å². The second-order valence-corrected chi connectivity index (χ2v) is 20.3. The Morgan fingerprint density at radius 1 is 0.505 bits per heavy atom. The van der Waals surface area contributed by atoms with Crippen LogP contribution in [0.4, 0.5) is 0 Å². The number of ether oxygens (including phenoxy) is 13. The molecule has 0 saturated carbocycles. The van der Waals surface area contributed by atoms with Crippen molar-refractivity contribution in [2.75, 3.05) is 48.3 Å². The lowest BCUT2D eigenvalue weighted by atomic mass is 9.99. The molecule has 1 aliphatic carbocycles. The third-order valence-corrected chi connectivity index (χ3v) is 14.2. The Kier molecular flexibility index (Phi) is 21.7. The number of fused-ring (bicyclic) bond motifs is 1. The molecule has 0 amide bonds. The average Bonchev–Trinajstić information content (AvgIpc) is 0.812. The quantitative estimate of drug-likeness (QED) is 0.00869. The molecule has 5 aliphatic rings. The Morgan fingerprint density at radius 3 is 1.44 bits per heavy atom. The predicted molar refractivity (Wildman–Crippen MR) is 300 cm³/mol. The first-order valence-electron chi connectivity index (χ1n) is 27.0. The third-order valence-electron chi connectivity index (χ3n) is 14.2. The Bertz CT molecular complexity index is 3480. The summed E-state index contributed by atoms with van der Waals surface area (Å²) >= 11 is 0. The van der Waals surface area contributed by atoms with Crippen molar-refractivity contribution in [3.63, 3.8) is 0 Å². The Morgan fingerprint density at radius 2 is 0.956 bits per heavy atom. The highest BCUT2D eigenvalue weighted by molar-refractivity contribution is 5.90. The first-order valence-corrected chi connectivity index (χ1v) is 27.0. The average molecular weight is 1290 g/mol. The molecule has 0 unspecified atom stereocenters. The summed E-state index contributed by atoms with van der Waals surface area (Å²) in [4.78, 5) is 60.7. The van der Waals surface area contributed by atoms with E-state index in [1.807, 2.05) is 0 Å². The van der Waals surface area contributed by atoms with Gasteiger partial charge in [0.25, 0.3) is 0 Å². The maximum absolute atomic E-state index is 14.0. The Labute approximate surface area is 512 Å². The van der Waals surface area contributed by atoms with Gasteiger partial charge in [-0.05, 0) is 65.7 Å². The summed E-state index contributed by atoms with van der Waals surface area (Å²) in [5, 5.41) is 150. The van der Waals surface area contributed by atoms with Crippen LogP contribution in [0.3, 0.4) is 0 Å². The number of carbonyl (C=O) groups excluding carboxylic acids is 3. The molecule has 33 nitrogen and oxygen atoms in total. The first-order chi connectivity index (χ1) is 43.2.